The van der Waals surface area contributed by atoms with Gasteiger partial charge >= 0.3 is 0 Å². The molecule has 0 aliphatic heterocycles. The van der Waals surface area contributed by atoms with E-state index in [1.165, 1.54) is 4.68 Å². The van der Waals surface area contributed by atoms with Crippen molar-refractivity contribution in [1.29, 1.82) is 5.26 Å². The molecule has 1 aromatic heterocycles. The number of hydrogen-bond acceptors (Lipinski definition) is 4. The normalized spacial score (nSPS) is 15.1. The fraction of sp³-hybridized carbons (Fsp3) is 0.643. The molecule has 1 heterocycles. The largest absolute Gasteiger partial charge is 0.359 e. The zero-order valence-electron chi connectivity index (χ0n) is 12.3. The van der Waals surface area contributed by atoms with Gasteiger partial charge in [-0.15, -0.1) is 0 Å². The highest BCUT2D eigenvalue weighted by Crippen LogP contribution is 2.38. The van der Waals surface area contributed by atoms with Crippen LogP contribution in [0.15, 0.2) is 10.9 Å². The Morgan fingerprint density at radius 1 is 1.50 bits per heavy atom. The highest BCUT2D eigenvalue weighted by Gasteiger charge is 2.28. The van der Waals surface area contributed by atoms with E-state index in [0.717, 1.165) is 18.9 Å². The van der Waals surface area contributed by atoms with Crippen LogP contribution < -0.4 is 5.56 Å². The van der Waals surface area contributed by atoms with Gasteiger partial charge in [0.05, 0.1) is 0 Å². The summed E-state index contributed by atoms with van der Waals surface area (Å²) in [5.74, 6) is 0.311. The maximum atomic E-state index is 12.2. The van der Waals surface area contributed by atoms with Gasteiger partial charge in [-0.2, -0.15) is 10.4 Å². The van der Waals surface area contributed by atoms with Crippen molar-refractivity contribution in [3.8, 4) is 6.07 Å². The highest BCUT2D eigenvalue weighted by molar-refractivity contribution is 6.76. The minimum atomic E-state index is -1.13. The van der Waals surface area contributed by atoms with Crippen LogP contribution in [0.5, 0.6) is 0 Å². The Kier molecular flexibility index (Phi) is 4.41. The molecule has 1 saturated carbocycles. The zero-order valence-corrected chi connectivity index (χ0v) is 13.3. The minimum absolute atomic E-state index is 0.112. The van der Waals surface area contributed by atoms with Crippen LogP contribution in [-0.2, 0) is 11.5 Å². The summed E-state index contributed by atoms with van der Waals surface area (Å²) in [5, 5.41) is 13.0. The lowest BCUT2D eigenvalue weighted by atomic mass is 10.2. The lowest BCUT2D eigenvalue weighted by Crippen LogP contribution is -2.29. The van der Waals surface area contributed by atoms with Crippen molar-refractivity contribution in [1.82, 2.24) is 9.78 Å². The molecule has 0 amide bonds. The van der Waals surface area contributed by atoms with Crippen molar-refractivity contribution >= 4 is 8.07 Å². The molecule has 1 aromatic rings. The summed E-state index contributed by atoms with van der Waals surface area (Å²) in [6.45, 7) is 7.62. The van der Waals surface area contributed by atoms with E-state index in [1.807, 2.05) is 6.07 Å². The van der Waals surface area contributed by atoms with Crippen molar-refractivity contribution in [3.05, 3.63) is 27.7 Å². The van der Waals surface area contributed by atoms with Gasteiger partial charge in [0.2, 0.25) is 0 Å². The van der Waals surface area contributed by atoms with Crippen LogP contribution in [0.4, 0.5) is 0 Å². The SMILES string of the molecule is C[Si](C)(C)CCOCn1nc(C#N)cc(C2CC2)c1=O. The van der Waals surface area contributed by atoms with E-state index >= 15 is 0 Å². The van der Waals surface area contributed by atoms with E-state index in [2.05, 4.69) is 24.7 Å². The van der Waals surface area contributed by atoms with Gasteiger partial charge in [0, 0.05) is 20.2 Å². The van der Waals surface area contributed by atoms with E-state index < -0.39 is 8.07 Å². The van der Waals surface area contributed by atoms with Crippen LogP contribution in [0.1, 0.15) is 30.0 Å². The van der Waals surface area contributed by atoms with Gasteiger partial charge in [-0.1, -0.05) is 19.6 Å². The molecule has 5 nitrogen and oxygen atoms in total. The zero-order chi connectivity index (χ0) is 14.8. The van der Waals surface area contributed by atoms with Crippen LogP contribution in [0, 0.1) is 11.3 Å². The Morgan fingerprint density at radius 3 is 2.75 bits per heavy atom. The fourth-order valence-corrected chi connectivity index (χ4v) is 2.68. The van der Waals surface area contributed by atoms with Crippen LogP contribution in [0.25, 0.3) is 0 Å². The topological polar surface area (TPSA) is 67.9 Å². The van der Waals surface area contributed by atoms with Gasteiger partial charge in [0.1, 0.15) is 12.8 Å². The van der Waals surface area contributed by atoms with Gasteiger partial charge in [-0.05, 0) is 30.9 Å². The number of aromatic nitrogens is 2. The Balaban J connectivity index is 2.05. The maximum Gasteiger partial charge on any atom is 0.272 e. The van der Waals surface area contributed by atoms with Crippen LogP contribution in [0.3, 0.4) is 0 Å². The summed E-state index contributed by atoms with van der Waals surface area (Å²) in [5.41, 5.74) is 0.894. The molecule has 6 heteroatoms. The smallest absolute Gasteiger partial charge is 0.272 e. The summed E-state index contributed by atoms with van der Waals surface area (Å²) in [7, 11) is -1.13. The van der Waals surface area contributed by atoms with Crippen molar-refractivity contribution in [2.24, 2.45) is 0 Å². The number of ether oxygens (including phenoxy) is 1. The predicted octanol–water partition coefficient (Wildman–Crippen LogP) is 2.30. The number of hydrogen-bond donors (Lipinski definition) is 0. The van der Waals surface area contributed by atoms with Crippen molar-refractivity contribution < 1.29 is 4.74 Å². The summed E-state index contributed by atoms with van der Waals surface area (Å²) in [6.07, 6.45) is 2.06. The van der Waals surface area contributed by atoms with Crippen molar-refractivity contribution in [2.75, 3.05) is 6.61 Å². The first-order valence-electron chi connectivity index (χ1n) is 7.00. The molecule has 20 heavy (non-hydrogen) atoms. The molecular weight excluding hydrogens is 270 g/mol. The molecular formula is C14H21N3O2Si. The summed E-state index contributed by atoms with van der Waals surface area (Å²) >= 11 is 0. The predicted molar refractivity (Wildman–Crippen MR) is 79.3 cm³/mol. The second-order valence-electron chi connectivity index (χ2n) is 6.52. The van der Waals surface area contributed by atoms with Crippen molar-refractivity contribution in [3.63, 3.8) is 0 Å². The van der Waals surface area contributed by atoms with Gasteiger partial charge < -0.3 is 4.74 Å². The van der Waals surface area contributed by atoms with E-state index in [-0.39, 0.29) is 12.3 Å². The molecule has 0 spiro atoms. The lowest BCUT2D eigenvalue weighted by Gasteiger charge is -2.15. The molecule has 0 atom stereocenters. The molecule has 0 N–H and O–H groups in total. The van der Waals surface area contributed by atoms with E-state index in [0.29, 0.717) is 23.8 Å². The average Bonchev–Trinajstić information content (AvgIpc) is 3.19. The molecule has 0 radical (unpaired) electrons. The van der Waals surface area contributed by atoms with Gasteiger partial charge in [-0.25, -0.2) is 4.68 Å². The first-order valence-corrected chi connectivity index (χ1v) is 10.7. The first kappa shape index (κ1) is 14.9. The molecule has 0 saturated heterocycles. The molecule has 0 aromatic carbocycles. The third-order valence-electron chi connectivity index (χ3n) is 3.34. The van der Waals surface area contributed by atoms with E-state index in [1.54, 1.807) is 6.07 Å². The summed E-state index contributed by atoms with van der Waals surface area (Å²) in [4.78, 5) is 12.2. The molecule has 0 unspecified atom stereocenters. The molecule has 1 aliphatic rings. The Morgan fingerprint density at radius 2 is 2.20 bits per heavy atom. The second kappa shape index (κ2) is 5.90. The summed E-state index contributed by atoms with van der Waals surface area (Å²) < 4.78 is 6.85. The molecule has 1 aliphatic carbocycles. The Labute approximate surface area is 120 Å². The molecule has 0 bridgehead atoms. The monoisotopic (exact) mass is 291 g/mol. The van der Waals surface area contributed by atoms with E-state index in [9.17, 15) is 4.79 Å². The number of nitriles is 1. The second-order valence-corrected chi connectivity index (χ2v) is 12.1. The van der Waals surface area contributed by atoms with Crippen LogP contribution >= 0.6 is 0 Å². The summed E-state index contributed by atoms with van der Waals surface area (Å²) in [6, 6.07) is 4.69. The standard InChI is InChI=1S/C14H21N3O2Si/c1-20(2,3)7-6-19-10-17-14(18)13(11-4-5-11)8-12(9-15)16-17/h8,11H,4-7,10H2,1-3H3. The van der Waals surface area contributed by atoms with Gasteiger partial charge in [0.25, 0.3) is 5.56 Å². The van der Waals surface area contributed by atoms with Crippen molar-refractivity contribution in [2.45, 2.75) is 51.2 Å². The molecule has 2 rings (SSSR count). The number of rotatable bonds is 6. The van der Waals surface area contributed by atoms with E-state index in [4.69, 9.17) is 10.00 Å². The number of nitrogens with zero attached hydrogens (tertiary/aromatic N) is 3. The van der Waals surface area contributed by atoms with Crippen LogP contribution in [-0.4, -0.2) is 24.5 Å². The fourth-order valence-electron chi connectivity index (χ4n) is 1.92. The third kappa shape index (κ3) is 4.02. The Bertz CT molecular complexity index is 580. The molecule has 1 fully saturated rings. The molecule has 108 valence electrons. The quantitative estimate of drug-likeness (QED) is 0.596. The minimum Gasteiger partial charge on any atom is -0.359 e. The van der Waals surface area contributed by atoms with Crippen LogP contribution in [0.2, 0.25) is 25.7 Å². The Hall–Kier alpha value is -1.45. The van der Waals surface area contributed by atoms with Gasteiger partial charge in [0.15, 0.2) is 5.69 Å². The first-order chi connectivity index (χ1) is 9.40. The average molecular weight is 291 g/mol. The maximum absolute atomic E-state index is 12.2. The third-order valence-corrected chi connectivity index (χ3v) is 5.05. The lowest BCUT2D eigenvalue weighted by molar-refractivity contribution is 0.0745. The highest BCUT2D eigenvalue weighted by atomic mass is 28.3. The van der Waals surface area contributed by atoms with Gasteiger partial charge in [-0.3, -0.25) is 4.79 Å².